The van der Waals surface area contributed by atoms with Crippen molar-refractivity contribution < 1.29 is 4.79 Å². The minimum Gasteiger partial charge on any atom is -0.398 e. The van der Waals surface area contributed by atoms with Crippen LogP contribution in [-0.4, -0.2) is 19.5 Å². The second kappa shape index (κ2) is 4.59. The molecule has 0 amide bonds. The van der Waals surface area contributed by atoms with Crippen molar-refractivity contribution in [2.24, 2.45) is 0 Å². The molecular formula is C11H15N3O. The number of aldehydes is 1. The molecule has 0 aliphatic rings. The highest BCUT2D eigenvalue weighted by Crippen LogP contribution is 2.27. The van der Waals surface area contributed by atoms with E-state index in [9.17, 15) is 4.79 Å². The molecule has 0 heterocycles. The number of nitrogens with two attached hydrogens (primary N) is 1. The molecule has 80 valence electrons. The maximum atomic E-state index is 10.9. The number of carbonyl (C=O) groups excluding carboxylic acids is 1. The molecule has 4 nitrogen and oxygen atoms in total. The fourth-order valence-corrected chi connectivity index (χ4v) is 1.65. The minimum absolute atomic E-state index is 0.515. The lowest BCUT2D eigenvalue weighted by Gasteiger charge is -2.14. The summed E-state index contributed by atoms with van der Waals surface area (Å²) in [4.78, 5) is 10.9. The SMILES string of the molecule is CCc1c(C=O)cc(NC)c(C=N)c1N. The molecule has 4 N–H and O–H groups in total. The van der Waals surface area contributed by atoms with E-state index in [1.54, 1.807) is 13.1 Å². The van der Waals surface area contributed by atoms with Gasteiger partial charge < -0.3 is 16.5 Å². The van der Waals surface area contributed by atoms with Crippen molar-refractivity contribution in [3.05, 3.63) is 22.8 Å². The van der Waals surface area contributed by atoms with E-state index in [-0.39, 0.29) is 0 Å². The average molecular weight is 205 g/mol. The molecule has 0 aliphatic heterocycles. The number of anilines is 2. The first-order chi connectivity index (χ1) is 7.19. The first-order valence-electron chi connectivity index (χ1n) is 4.78. The van der Waals surface area contributed by atoms with E-state index in [2.05, 4.69) is 5.32 Å². The molecule has 4 heteroatoms. The lowest BCUT2D eigenvalue weighted by Crippen LogP contribution is -2.06. The molecule has 0 spiro atoms. The Balaban J connectivity index is 3.55. The van der Waals surface area contributed by atoms with Crippen molar-refractivity contribution in [3.63, 3.8) is 0 Å². The smallest absolute Gasteiger partial charge is 0.150 e. The molecule has 1 aromatic rings. The van der Waals surface area contributed by atoms with Gasteiger partial charge in [-0.25, -0.2) is 0 Å². The number of nitrogens with one attached hydrogen (secondary N) is 2. The zero-order valence-corrected chi connectivity index (χ0v) is 8.92. The Morgan fingerprint density at radius 2 is 2.27 bits per heavy atom. The van der Waals surface area contributed by atoms with Crippen LogP contribution in [0.4, 0.5) is 11.4 Å². The second-order valence-corrected chi connectivity index (χ2v) is 3.19. The molecule has 0 radical (unpaired) electrons. The van der Waals surface area contributed by atoms with Gasteiger partial charge in [-0.05, 0) is 18.1 Å². The van der Waals surface area contributed by atoms with Crippen molar-refractivity contribution in [3.8, 4) is 0 Å². The Kier molecular flexibility index (Phi) is 3.44. The van der Waals surface area contributed by atoms with Crippen molar-refractivity contribution in [1.29, 1.82) is 5.41 Å². The first kappa shape index (κ1) is 11.2. The van der Waals surface area contributed by atoms with Crippen molar-refractivity contribution >= 4 is 23.9 Å². The average Bonchev–Trinajstić information content (AvgIpc) is 2.27. The van der Waals surface area contributed by atoms with Gasteiger partial charge in [0.25, 0.3) is 0 Å². The molecule has 0 aromatic heterocycles. The predicted molar refractivity (Wildman–Crippen MR) is 63.1 cm³/mol. The fourth-order valence-electron chi connectivity index (χ4n) is 1.65. The molecule has 0 atom stereocenters. The number of carbonyl (C=O) groups is 1. The van der Waals surface area contributed by atoms with Crippen LogP contribution in [0.25, 0.3) is 0 Å². The molecule has 0 aliphatic carbocycles. The summed E-state index contributed by atoms with van der Waals surface area (Å²) >= 11 is 0. The quantitative estimate of drug-likeness (QED) is 0.397. The molecule has 0 unspecified atom stereocenters. The Morgan fingerprint density at radius 1 is 1.60 bits per heavy atom. The van der Waals surface area contributed by atoms with Gasteiger partial charge in [0.1, 0.15) is 6.29 Å². The van der Waals surface area contributed by atoms with Crippen LogP contribution in [0.1, 0.15) is 28.4 Å². The molecule has 1 rings (SSSR count). The normalized spacial score (nSPS) is 9.73. The summed E-state index contributed by atoms with van der Waals surface area (Å²) < 4.78 is 0. The highest BCUT2D eigenvalue weighted by molar-refractivity contribution is 5.97. The Bertz CT molecular complexity index is 399. The first-order valence-corrected chi connectivity index (χ1v) is 4.78. The predicted octanol–water partition coefficient (Wildman–Crippen LogP) is 1.68. The summed E-state index contributed by atoms with van der Waals surface area (Å²) in [6, 6.07) is 1.72. The van der Waals surface area contributed by atoms with E-state index in [4.69, 9.17) is 11.1 Å². The van der Waals surface area contributed by atoms with Gasteiger partial charge in [-0.1, -0.05) is 6.92 Å². The van der Waals surface area contributed by atoms with Gasteiger partial charge in [0.2, 0.25) is 0 Å². The van der Waals surface area contributed by atoms with Crippen LogP contribution in [0.5, 0.6) is 0 Å². The minimum atomic E-state index is 0.515. The maximum Gasteiger partial charge on any atom is 0.150 e. The number of rotatable bonds is 4. The molecule has 0 bridgehead atoms. The van der Waals surface area contributed by atoms with E-state index in [0.29, 0.717) is 28.9 Å². The van der Waals surface area contributed by atoms with Crippen LogP contribution in [0.2, 0.25) is 0 Å². The third kappa shape index (κ3) is 1.83. The van der Waals surface area contributed by atoms with Crippen LogP contribution < -0.4 is 11.1 Å². The van der Waals surface area contributed by atoms with Gasteiger partial charge in [0.05, 0.1) is 0 Å². The van der Waals surface area contributed by atoms with Crippen LogP contribution in [0.15, 0.2) is 6.07 Å². The summed E-state index contributed by atoms with van der Waals surface area (Å²) in [6.07, 6.45) is 2.68. The second-order valence-electron chi connectivity index (χ2n) is 3.19. The summed E-state index contributed by atoms with van der Waals surface area (Å²) in [7, 11) is 1.74. The van der Waals surface area contributed by atoms with Gasteiger partial charge in [0.15, 0.2) is 0 Å². The van der Waals surface area contributed by atoms with E-state index >= 15 is 0 Å². The summed E-state index contributed by atoms with van der Waals surface area (Å²) in [6.45, 7) is 1.94. The largest absolute Gasteiger partial charge is 0.398 e. The maximum absolute atomic E-state index is 10.9. The number of hydrogen-bond donors (Lipinski definition) is 3. The van der Waals surface area contributed by atoms with Gasteiger partial charge >= 0.3 is 0 Å². The van der Waals surface area contributed by atoms with Crippen molar-refractivity contribution in [1.82, 2.24) is 0 Å². The van der Waals surface area contributed by atoms with E-state index in [0.717, 1.165) is 11.8 Å². The van der Waals surface area contributed by atoms with Crippen molar-refractivity contribution in [2.75, 3.05) is 18.1 Å². The fraction of sp³-hybridized carbons (Fsp3) is 0.273. The molecule has 0 saturated heterocycles. The van der Waals surface area contributed by atoms with Crippen LogP contribution in [0.3, 0.4) is 0 Å². The third-order valence-corrected chi connectivity index (χ3v) is 2.45. The lowest BCUT2D eigenvalue weighted by atomic mass is 9.98. The highest BCUT2D eigenvalue weighted by atomic mass is 16.1. The van der Waals surface area contributed by atoms with Gasteiger partial charge in [-0.3, -0.25) is 4.79 Å². The van der Waals surface area contributed by atoms with Crippen LogP contribution in [0, 0.1) is 5.41 Å². The molecule has 15 heavy (non-hydrogen) atoms. The van der Waals surface area contributed by atoms with Crippen LogP contribution in [-0.2, 0) is 6.42 Å². The Morgan fingerprint density at radius 3 is 2.67 bits per heavy atom. The third-order valence-electron chi connectivity index (χ3n) is 2.45. The standard InChI is InChI=1S/C11H15N3O/c1-3-8-7(6-15)4-10(14-2)9(5-12)11(8)13/h4-6,12,14H,3,13H2,1-2H3. The van der Waals surface area contributed by atoms with Gasteiger partial charge in [-0.2, -0.15) is 0 Å². The van der Waals surface area contributed by atoms with E-state index in [1.165, 1.54) is 6.21 Å². The van der Waals surface area contributed by atoms with Crippen LogP contribution >= 0.6 is 0 Å². The topological polar surface area (TPSA) is 79.0 Å². The number of hydrogen-bond acceptors (Lipinski definition) is 4. The zero-order chi connectivity index (χ0) is 11.4. The number of benzene rings is 1. The highest BCUT2D eigenvalue weighted by Gasteiger charge is 2.12. The molecule has 0 saturated carbocycles. The Hall–Kier alpha value is -1.84. The Labute approximate surface area is 89.0 Å². The lowest BCUT2D eigenvalue weighted by molar-refractivity contribution is 0.112. The monoisotopic (exact) mass is 205 g/mol. The molecule has 0 fully saturated rings. The zero-order valence-electron chi connectivity index (χ0n) is 8.92. The van der Waals surface area contributed by atoms with Gasteiger partial charge in [-0.15, -0.1) is 0 Å². The van der Waals surface area contributed by atoms with Gasteiger partial charge in [0, 0.05) is 35.8 Å². The summed E-state index contributed by atoms with van der Waals surface area (Å²) in [5, 5.41) is 10.2. The summed E-state index contributed by atoms with van der Waals surface area (Å²) in [5.74, 6) is 0. The molecular weight excluding hydrogens is 190 g/mol. The van der Waals surface area contributed by atoms with E-state index < -0.39 is 0 Å². The number of nitrogen functional groups attached to an aromatic ring is 1. The molecule has 1 aromatic carbocycles. The van der Waals surface area contributed by atoms with Crippen molar-refractivity contribution in [2.45, 2.75) is 13.3 Å². The van der Waals surface area contributed by atoms with E-state index in [1.807, 2.05) is 6.92 Å². The summed E-state index contributed by atoms with van der Waals surface area (Å²) in [5.41, 5.74) is 9.17.